The summed E-state index contributed by atoms with van der Waals surface area (Å²) < 4.78 is 0. The van der Waals surface area contributed by atoms with E-state index in [0.717, 1.165) is 0 Å². The van der Waals surface area contributed by atoms with Crippen LogP contribution in [-0.2, 0) is 0 Å². The molecule has 1 aromatic carbocycles. The molecular formula is C10H3Cl3N2. The molecule has 0 amide bonds. The molecule has 1 heterocycles. The fourth-order valence-corrected chi connectivity index (χ4v) is 2.00. The second-order valence-electron chi connectivity index (χ2n) is 2.90. The van der Waals surface area contributed by atoms with Crippen LogP contribution in [0.5, 0.6) is 0 Å². The molecule has 1 aromatic heterocycles. The molecule has 0 N–H and O–H groups in total. The first-order valence-electron chi connectivity index (χ1n) is 3.97. The number of aromatic nitrogens is 1. The van der Waals surface area contributed by atoms with E-state index in [1.807, 2.05) is 6.07 Å². The average Bonchev–Trinajstić information content (AvgIpc) is 2.18. The van der Waals surface area contributed by atoms with Crippen LogP contribution in [0, 0.1) is 11.3 Å². The van der Waals surface area contributed by atoms with Crippen LogP contribution in [0.3, 0.4) is 0 Å². The Kier molecular flexibility index (Phi) is 2.70. The molecular weight excluding hydrogens is 254 g/mol. The summed E-state index contributed by atoms with van der Waals surface area (Å²) >= 11 is 17.6. The van der Waals surface area contributed by atoms with Crippen molar-refractivity contribution < 1.29 is 0 Å². The molecule has 74 valence electrons. The van der Waals surface area contributed by atoms with Gasteiger partial charge in [0.05, 0.1) is 16.1 Å². The van der Waals surface area contributed by atoms with Gasteiger partial charge in [0, 0.05) is 10.4 Å². The van der Waals surface area contributed by atoms with Crippen molar-refractivity contribution in [3.63, 3.8) is 0 Å². The predicted octanol–water partition coefficient (Wildman–Crippen LogP) is 4.07. The number of hydrogen-bond acceptors (Lipinski definition) is 2. The lowest BCUT2D eigenvalue weighted by molar-refractivity contribution is 1.37. The van der Waals surface area contributed by atoms with Gasteiger partial charge >= 0.3 is 0 Å². The normalized spacial score (nSPS) is 10.3. The van der Waals surface area contributed by atoms with E-state index in [9.17, 15) is 0 Å². The number of halogens is 3. The maximum atomic E-state index is 8.78. The molecule has 0 unspecified atom stereocenters. The van der Waals surface area contributed by atoms with E-state index in [1.165, 1.54) is 0 Å². The molecule has 0 bridgehead atoms. The summed E-state index contributed by atoms with van der Waals surface area (Å²) in [7, 11) is 0. The first-order chi connectivity index (χ1) is 7.11. The molecule has 0 fully saturated rings. The first kappa shape index (κ1) is 10.5. The van der Waals surface area contributed by atoms with Gasteiger partial charge in [-0.15, -0.1) is 0 Å². The molecule has 2 nitrogen and oxygen atoms in total. The highest BCUT2D eigenvalue weighted by atomic mass is 35.5. The van der Waals surface area contributed by atoms with Gasteiger partial charge in [0.25, 0.3) is 0 Å². The first-order valence-corrected chi connectivity index (χ1v) is 5.10. The number of rotatable bonds is 0. The second-order valence-corrected chi connectivity index (χ2v) is 4.10. The number of nitriles is 1. The van der Waals surface area contributed by atoms with Crippen molar-refractivity contribution >= 4 is 45.7 Å². The maximum Gasteiger partial charge on any atom is 0.147 e. The highest BCUT2D eigenvalue weighted by Crippen LogP contribution is 2.29. The van der Waals surface area contributed by atoms with E-state index < -0.39 is 0 Å². The largest absolute Gasteiger partial charge is 0.233 e. The zero-order valence-electron chi connectivity index (χ0n) is 7.26. The molecule has 0 saturated heterocycles. The van der Waals surface area contributed by atoms with Crippen molar-refractivity contribution in [1.29, 1.82) is 5.26 Å². The van der Waals surface area contributed by atoms with Crippen LogP contribution in [0.1, 0.15) is 5.56 Å². The minimum atomic E-state index is 0.147. The van der Waals surface area contributed by atoms with E-state index in [1.54, 1.807) is 18.2 Å². The SMILES string of the molecule is N#Cc1cc2cc(Cl)cc(Cl)c2nc1Cl. The zero-order valence-corrected chi connectivity index (χ0v) is 9.53. The highest BCUT2D eigenvalue weighted by Gasteiger charge is 2.08. The molecule has 5 heteroatoms. The Balaban J connectivity index is 2.89. The number of benzene rings is 1. The molecule has 0 saturated carbocycles. The Labute approximate surface area is 101 Å². The Morgan fingerprint density at radius 1 is 1.13 bits per heavy atom. The number of hydrogen-bond donors (Lipinski definition) is 0. The third-order valence-corrected chi connectivity index (χ3v) is 2.70. The highest BCUT2D eigenvalue weighted by molar-refractivity contribution is 6.38. The van der Waals surface area contributed by atoms with Crippen LogP contribution in [0.25, 0.3) is 10.9 Å². The molecule has 0 atom stereocenters. The third-order valence-electron chi connectivity index (χ3n) is 1.91. The van der Waals surface area contributed by atoms with Crippen molar-refractivity contribution in [2.45, 2.75) is 0 Å². The topological polar surface area (TPSA) is 36.7 Å². The summed E-state index contributed by atoms with van der Waals surface area (Å²) in [5.41, 5.74) is 0.854. The van der Waals surface area contributed by atoms with Crippen molar-refractivity contribution in [2.75, 3.05) is 0 Å². The molecule has 2 aromatic rings. The van der Waals surface area contributed by atoms with Gasteiger partial charge in [-0.25, -0.2) is 4.98 Å². The average molecular weight is 258 g/mol. The molecule has 0 aliphatic carbocycles. The molecule has 2 rings (SSSR count). The maximum absolute atomic E-state index is 8.78. The van der Waals surface area contributed by atoms with Gasteiger partial charge in [-0.2, -0.15) is 5.26 Å². The van der Waals surface area contributed by atoms with Crippen LogP contribution < -0.4 is 0 Å². The summed E-state index contributed by atoms with van der Waals surface area (Å²) in [5, 5.41) is 10.5. The van der Waals surface area contributed by atoms with Crippen molar-refractivity contribution in [3.05, 3.63) is 39.0 Å². The second kappa shape index (κ2) is 3.86. The monoisotopic (exact) mass is 256 g/mol. The fraction of sp³-hybridized carbons (Fsp3) is 0. The summed E-state index contributed by atoms with van der Waals surface area (Å²) in [4.78, 5) is 4.04. The lowest BCUT2D eigenvalue weighted by Crippen LogP contribution is -1.86. The van der Waals surface area contributed by atoms with Crippen LogP contribution in [0.15, 0.2) is 18.2 Å². The van der Waals surface area contributed by atoms with Crippen molar-refractivity contribution in [3.8, 4) is 6.07 Å². The van der Waals surface area contributed by atoms with Crippen LogP contribution in [-0.4, -0.2) is 4.98 Å². The minimum Gasteiger partial charge on any atom is -0.233 e. The van der Waals surface area contributed by atoms with Gasteiger partial charge in [0.1, 0.15) is 11.2 Å². The van der Waals surface area contributed by atoms with Gasteiger partial charge in [0.2, 0.25) is 0 Å². The summed E-state index contributed by atoms with van der Waals surface area (Å²) in [6.45, 7) is 0. The van der Waals surface area contributed by atoms with Crippen molar-refractivity contribution in [1.82, 2.24) is 4.98 Å². The van der Waals surface area contributed by atoms with E-state index >= 15 is 0 Å². The van der Waals surface area contributed by atoms with E-state index in [0.29, 0.717) is 26.5 Å². The number of nitrogens with zero attached hydrogens (tertiary/aromatic N) is 2. The van der Waals surface area contributed by atoms with Crippen molar-refractivity contribution in [2.24, 2.45) is 0 Å². The predicted molar refractivity (Wildman–Crippen MR) is 61.5 cm³/mol. The van der Waals surface area contributed by atoms with Gasteiger partial charge in [0.15, 0.2) is 0 Å². The summed E-state index contributed by atoms with van der Waals surface area (Å²) in [6, 6.07) is 6.83. The number of fused-ring (bicyclic) bond motifs is 1. The van der Waals surface area contributed by atoms with Crippen LogP contribution in [0.4, 0.5) is 0 Å². The number of pyridine rings is 1. The lowest BCUT2D eigenvalue weighted by atomic mass is 10.2. The lowest BCUT2D eigenvalue weighted by Gasteiger charge is -2.02. The third kappa shape index (κ3) is 1.87. The fourth-order valence-electron chi connectivity index (χ4n) is 1.27. The molecule has 0 radical (unpaired) electrons. The quantitative estimate of drug-likeness (QED) is 0.667. The van der Waals surface area contributed by atoms with Gasteiger partial charge < -0.3 is 0 Å². The smallest absolute Gasteiger partial charge is 0.147 e. The van der Waals surface area contributed by atoms with E-state index in [2.05, 4.69) is 4.98 Å². The van der Waals surface area contributed by atoms with Gasteiger partial charge in [-0.3, -0.25) is 0 Å². The summed E-state index contributed by atoms with van der Waals surface area (Å²) in [6.07, 6.45) is 0. The Bertz CT molecular complexity index is 587. The molecule has 0 aliphatic heterocycles. The standard InChI is InChI=1S/C10H3Cl3N2/c11-7-2-5-1-6(4-14)10(13)15-9(5)8(12)3-7/h1-3H. The summed E-state index contributed by atoms with van der Waals surface area (Å²) in [5.74, 6) is 0. The minimum absolute atomic E-state index is 0.147. The Hall–Kier alpha value is -1.01. The Morgan fingerprint density at radius 2 is 1.87 bits per heavy atom. The van der Waals surface area contributed by atoms with Gasteiger partial charge in [-0.1, -0.05) is 34.8 Å². The molecule has 0 aliphatic rings. The van der Waals surface area contributed by atoms with E-state index in [4.69, 9.17) is 40.1 Å². The molecule has 0 spiro atoms. The zero-order chi connectivity index (χ0) is 11.0. The van der Waals surface area contributed by atoms with Gasteiger partial charge in [-0.05, 0) is 18.2 Å². The van der Waals surface area contributed by atoms with Crippen LogP contribution in [0.2, 0.25) is 15.2 Å². The molecule has 15 heavy (non-hydrogen) atoms. The Morgan fingerprint density at radius 3 is 2.53 bits per heavy atom. The van der Waals surface area contributed by atoms with E-state index in [-0.39, 0.29) is 5.15 Å². The van der Waals surface area contributed by atoms with Crippen LogP contribution >= 0.6 is 34.8 Å².